The molecule has 0 aliphatic carbocycles. The molecule has 0 fully saturated rings. The first-order valence-corrected chi connectivity index (χ1v) is 9.96. The van der Waals surface area contributed by atoms with Crippen molar-refractivity contribution in [3.63, 3.8) is 0 Å². The highest BCUT2D eigenvalue weighted by Crippen LogP contribution is 2.38. The quantitative estimate of drug-likeness (QED) is 0.398. The van der Waals surface area contributed by atoms with E-state index in [2.05, 4.69) is 4.98 Å². The zero-order valence-corrected chi connectivity index (χ0v) is 17.2. The minimum absolute atomic E-state index is 0.0148. The van der Waals surface area contributed by atoms with Crippen LogP contribution in [0.2, 0.25) is 0 Å². The SMILES string of the molecule is NCc1cc(-c2cc(COc3ccccc3CC(=O)O)cc3cc(C(F)(F)F)oc23)ccn1. The summed E-state index contributed by atoms with van der Waals surface area (Å²) >= 11 is 0. The number of para-hydroxylation sites is 1. The fourth-order valence-corrected chi connectivity index (χ4v) is 3.52. The number of aromatic nitrogens is 1. The number of carboxylic acids is 1. The lowest BCUT2D eigenvalue weighted by atomic mass is 10.0. The fourth-order valence-electron chi connectivity index (χ4n) is 3.52. The van der Waals surface area contributed by atoms with Crippen molar-refractivity contribution < 1.29 is 32.2 Å². The predicted octanol–water partition coefficient (Wildman–Crippen LogP) is 5.18. The fraction of sp³-hybridized carbons (Fsp3) is 0.167. The molecule has 2 aromatic heterocycles. The van der Waals surface area contributed by atoms with Crippen LogP contribution in [0.4, 0.5) is 13.2 Å². The molecule has 0 spiro atoms. The highest BCUT2D eigenvalue weighted by molar-refractivity contribution is 5.93. The van der Waals surface area contributed by atoms with Gasteiger partial charge in [-0.05, 0) is 47.5 Å². The van der Waals surface area contributed by atoms with Crippen LogP contribution in [-0.2, 0) is 30.5 Å². The molecule has 0 radical (unpaired) electrons. The molecule has 0 saturated heterocycles. The van der Waals surface area contributed by atoms with E-state index in [1.807, 2.05) is 0 Å². The summed E-state index contributed by atoms with van der Waals surface area (Å²) in [5.74, 6) is -1.71. The number of fused-ring (bicyclic) bond motifs is 1. The van der Waals surface area contributed by atoms with Gasteiger partial charge in [-0.3, -0.25) is 9.78 Å². The maximum atomic E-state index is 13.3. The smallest absolute Gasteiger partial charge is 0.449 e. The number of halogens is 3. The summed E-state index contributed by atoms with van der Waals surface area (Å²) < 4.78 is 50.9. The van der Waals surface area contributed by atoms with Crippen LogP contribution in [0.1, 0.15) is 22.6 Å². The van der Waals surface area contributed by atoms with Crippen LogP contribution in [0.3, 0.4) is 0 Å². The van der Waals surface area contributed by atoms with Gasteiger partial charge in [0.1, 0.15) is 17.9 Å². The number of hydrogen-bond acceptors (Lipinski definition) is 5. The van der Waals surface area contributed by atoms with Gasteiger partial charge in [-0.25, -0.2) is 0 Å². The van der Waals surface area contributed by atoms with Gasteiger partial charge in [0.05, 0.1) is 12.1 Å². The van der Waals surface area contributed by atoms with Crippen molar-refractivity contribution in [2.45, 2.75) is 25.7 Å². The minimum Gasteiger partial charge on any atom is -0.489 e. The number of hydrogen-bond donors (Lipinski definition) is 2. The number of rotatable bonds is 7. The van der Waals surface area contributed by atoms with Gasteiger partial charge < -0.3 is 20.0 Å². The van der Waals surface area contributed by atoms with Gasteiger partial charge in [-0.15, -0.1) is 0 Å². The van der Waals surface area contributed by atoms with Crippen LogP contribution in [-0.4, -0.2) is 16.1 Å². The molecule has 0 aliphatic rings. The summed E-state index contributed by atoms with van der Waals surface area (Å²) in [5, 5.41) is 9.36. The standard InChI is InChI=1S/C24H19F3N2O4/c25-24(26,27)21-10-17-7-14(13-32-20-4-2-1-3-16(20)11-22(30)31)8-19(23(17)33-21)15-5-6-29-18(9-15)12-28/h1-10H,11-13,28H2,(H,30,31). The van der Waals surface area contributed by atoms with Crippen molar-refractivity contribution in [2.24, 2.45) is 5.73 Å². The Bertz CT molecular complexity index is 1310. The highest BCUT2D eigenvalue weighted by atomic mass is 19.4. The number of nitrogens with two attached hydrogens (primary N) is 1. The Balaban J connectivity index is 1.76. The number of pyridine rings is 1. The van der Waals surface area contributed by atoms with Crippen molar-refractivity contribution >= 4 is 16.9 Å². The molecule has 0 aliphatic heterocycles. The molecular weight excluding hydrogens is 437 g/mol. The predicted molar refractivity (Wildman–Crippen MR) is 114 cm³/mol. The average molecular weight is 456 g/mol. The Morgan fingerprint density at radius 2 is 1.91 bits per heavy atom. The van der Waals surface area contributed by atoms with E-state index in [-0.39, 0.29) is 30.5 Å². The van der Waals surface area contributed by atoms with Crippen molar-refractivity contribution in [2.75, 3.05) is 0 Å². The second kappa shape index (κ2) is 8.95. The molecule has 170 valence electrons. The molecular formula is C24H19F3N2O4. The molecule has 3 N–H and O–H groups in total. The molecule has 2 aromatic carbocycles. The third-order valence-electron chi connectivity index (χ3n) is 5.00. The molecule has 0 unspecified atom stereocenters. The number of alkyl halides is 3. The highest BCUT2D eigenvalue weighted by Gasteiger charge is 2.35. The molecule has 0 bridgehead atoms. The molecule has 4 aromatic rings. The van der Waals surface area contributed by atoms with E-state index in [1.54, 1.807) is 48.5 Å². The first-order valence-electron chi connectivity index (χ1n) is 9.96. The normalized spacial score (nSPS) is 11.6. The largest absolute Gasteiger partial charge is 0.489 e. The van der Waals surface area contributed by atoms with Crippen LogP contribution >= 0.6 is 0 Å². The van der Waals surface area contributed by atoms with Crippen LogP contribution in [0.15, 0.2) is 65.2 Å². The summed E-state index contributed by atoms with van der Waals surface area (Å²) in [6.07, 6.45) is -3.32. The molecule has 0 saturated carbocycles. The van der Waals surface area contributed by atoms with E-state index >= 15 is 0 Å². The molecule has 33 heavy (non-hydrogen) atoms. The van der Waals surface area contributed by atoms with Gasteiger partial charge in [-0.2, -0.15) is 13.2 Å². The Kier molecular flexibility index (Phi) is 6.06. The van der Waals surface area contributed by atoms with Gasteiger partial charge in [0.25, 0.3) is 0 Å². The molecule has 0 amide bonds. The number of carbonyl (C=O) groups is 1. The number of furan rings is 1. The summed E-state index contributed by atoms with van der Waals surface area (Å²) in [5.41, 5.74) is 8.46. The Labute approximate surface area is 186 Å². The Morgan fingerprint density at radius 3 is 2.64 bits per heavy atom. The number of nitrogens with zero attached hydrogens (tertiary/aromatic N) is 1. The van der Waals surface area contributed by atoms with Crippen LogP contribution in [0.5, 0.6) is 5.75 Å². The number of benzene rings is 2. The van der Waals surface area contributed by atoms with Crippen molar-refractivity contribution in [3.05, 3.63) is 83.4 Å². The van der Waals surface area contributed by atoms with Crippen molar-refractivity contribution in [1.82, 2.24) is 4.98 Å². The topological polar surface area (TPSA) is 98.6 Å². The van der Waals surface area contributed by atoms with E-state index < -0.39 is 17.9 Å². The lowest BCUT2D eigenvalue weighted by Crippen LogP contribution is -2.04. The first-order chi connectivity index (χ1) is 15.7. The van der Waals surface area contributed by atoms with E-state index in [4.69, 9.17) is 20.0 Å². The maximum Gasteiger partial charge on any atom is 0.449 e. The second-order valence-electron chi connectivity index (χ2n) is 7.38. The van der Waals surface area contributed by atoms with E-state index in [0.717, 1.165) is 6.07 Å². The zero-order chi connectivity index (χ0) is 23.6. The number of carboxylic acid groups (broad SMARTS) is 1. The van der Waals surface area contributed by atoms with E-state index in [1.165, 1.54) is 6.20 Å². The van der Waals surface area contributed by atoms with Crippen LogP contribution in [0.25, 0.3) is 22.1 Å². The van der Waals surface area contributed by atoms with Gasteiger partial charge in [-0.1, -0.05) is 18.2 Å². The van der Waals surface area contributed by atoms with Crippen molar-refractivity contribution in [3.8, 4) is 16.9 Å². The zero-order valence-electron chi connectivity index (χ0n) is 17.2. The van der Waals surface area contributed by atoms with Gasteiger partial charge in [0.2, 0.25) is 5.76 Å². The minimum atomic E-state index is -4.64. The van der Waals surface area contributed by atoms with Crippen LogP contribution in [0, 0.1) is 0 Å². The van der Waals surface area contributed by atoms with Gasteiger partial charge >= 0.3 is 12.1 Å². The molecule has 9 heteroatoms. The second-order valence-corrected chi connectivity index (χ2v) is 7.38. The Morgan fingerprint density at radius 1 is 1.12 bits per heavy atom. The molecule has 4 rings (SSSR count). The number of aliphatic carboxylic acids is 1. The number of ether oxygens (including phenoxy) is 1. The monoisotopic (exact) mass is 456 g/mol. The van der Waals surface area contributed by atoms with Crippen molar-refractivity contribution in [1.29, 1.82) is 0 Å². The molecule has 0 atom stereocenters. The van der Waals surface area contributed by atoms with Crippen LogP contribution < -0.4 is 10.5 Å². The Hall–Kier alpha value is -3.85. The lowest BCUT2D eigenvalue weighted by molar-refractivity contribution is -0.152. The third kappa shape index (κ3) is 4.98. The average Bonchev–Trinajstić information content (AvgIpc) is 3.22. The summed E-state index contributed by atoms with van der Waals surface area (Å²) in [7, 11) is 0. The summed E-state index contributed by atoms with van der Waals surface area (Å²) in [6.45, 7) is 0.188. The maximum absolute atomic E-state index is 13.3. The lowest BCUT2D eigenvalue weighted by Gasteiger charge is -2.12. The van der Waals surface area contributed by atoms with Gasteiger partial charge in [0.15, 0.2) is 0 Å². The third-order valence-corrected chi connectivity index (χ3v) is 5.00. The summed E-state index contributed by atoms with van der Waals surface area (Å²) in [4.78, 5) is 15.2. The van der Waals surface area contributed by atoms with Gasteiger partial charge in [0, 0.05) is 29.3 Å². The van der Waals surface area contributed by atoms with E-state index in [0.29, 0.717) is 33.7 Å². The summed E-state index contributed by atoms with van der Waals surface area (Å²) in [6, 6.07) is 14.3. The molecule has 6 nitrogen and oxygen atoms in total. The first kappa shape index (κ1) is 22.3. The van der Waals surface area contributed by atoms with E-state index in [9.17, 15) is 18.0 Å². The molecule has 2 heterocycles.